The van der Waals surface area contributed by atoms with E-state index in [9.17, 15) is 19.2 Å². The van der Waals surface area contributed by atoms with Crippen LogP contribution < -0.4 is 10.6 Å². The normalized spacial score (nSPS) is 20.0. The molecule has 2 aliphatic rings. The summed E-state index contributed by atoms with van der Waals surface area (Å²) >= 11 is 36.8. The Balaban J connectivity index is 1.76. The number of hydrogen-bond donors (Lipinski definition) is 2. The van der Waals surface area contributed by atoms with E-state index in [0.717, 1.165) is 0 Å². The van der Waals surface area contributed by atoms with Crippen LogP contribution in [0.2, 0.25) is 0 Å². The molecule has 3 rings (SSSR count). The largest absolute Gasteiger partial charge is 0.456 e. The minimum absolute atomic E-state index is 0.0610. The summed E-state index contributed by atoms with van der Waals surface area (Å²) in [7, 11) is 0. The molecule has 0 aliphatic carbocycles. The number of nitrogens with zero attached hydrogens (tertiary/aromatic N) is 1. The molecule has 9 nitrogen and oxygen atoms in total. The second-order valence-electron chi connectivity index (χ2n) is 8.15. The van der Waals surface area contributed by atoms with E-state index in [1.807, 2.05) is 6.26 Å². The van der Waals surface area contributed by atoms with E-state index in [-0.39, 0.29) is 5.70 Å². The third kappa shape index (κ3) is 9.03. The van der Waals surface area contributed by atoms with Crippen LogP contribution in [-0.2, 0) is 23.9 Å². The Hall–Kier alpha value is -0.920. The summed E-state index contributed by atoms with van der Waals surface area (Å²) < 4.78 is 6.36. The quantitative estimate of drug-likeness (QED) is 0.216. The number of hydrogen-bond acceptors (Lipinski definition) is 8. The number of rotatable bonds is 9. The number of esters is 1. The minimum atomic E-state index is -1.85. The predicted octanol–water partition coefficient (Wildman–Crippen LogP) is 4.75. The first-order valence-electron chi connectivity index (χ1n) is 11.0. The predicted molar refractivity (Wildman–Crippen MR) is 156 cm³/mol. The van der Waals surface area contributed by atoms with Crippen molar-refractivity contribution in [2.24, 2.45) is 0 Å². The van der Waals surface area contributed by atoms with Crippen LogP contribution >= 0.6 is 93.1 Å². The van der Waals surface area contributed by atoms with Gasteiger partial charge in [0.05, 0.1) is 0 Å². The molecule has 1 aromatic carbocycles. The van der Waals surface area contributed by atoms with Gasteiger partial charge in [0, 0.05) is 11.5 Å². The maximum Gasteiger partial charge on any atom is 0.408 e. The molecule has 2 heterocycles. The van der Waals surface area contributed by atoms with Gasteiger partial charge in [-0.25, -0.2) is 9.59 Å². The summed E-state index contributed by atoms with van der Waals surface area (Å²) in [5.74, 6) is -1.16. The van der Waals surface area contributed by atoms with Crippen molar-refractivity contribution in [1.29, 1.82) is 0 Å². The molecule has 0 bridgehead atoms. The van der Waals surface area contributed by atoms with Crippen molar-refractivity contribution in [2.75, 3.05) is 31.0 Å². The summed E-state index contributed by atoms with van der Waals surface area (Å²) in [6.07, 6.45) is 0.840. The molecule has 1 aromatic rings. The van der Waals surface area contributed by atoms with Crippen molar-refractivity contribution in [3.05, 3.63) is 47.2 Å². The van der Waals surface area contributed by atoms with E-state index in [1.54, 1.807) is 30.3 Å². The third-order valence-electron chi connectivity index (χ3n) is 5.25. The average molecular weight is 700 g/mol. The fraction of sp³-hybridized carbons (Fsp3) is 0.455. The van der Waals surface area contributed by atoms with Gasteiger partial charge in [-0.05, 0) is 17.4 Å². The number of ether oxygens (including phenoxy) is 2. The maximum absolute atomic E-state index is 13.3. The number of alkyl carbamates (subject to hydrolysis) is 1. The number of alkyl halides is 6. The first-order valence-corrected chi connectivity index (χ1v) is 15.7. The standard InChI is InChI=1S/C22H21Cl6N3O6S2/c1-38-7-12-8-39-18-14(17(33)31(18)15(12)19(34)36-9-21(23,24)25)29-16(32)13(11-5-3-2-4-6-11)30-20(35)37-10-22(26,27)28/h2-6,13-14,18H,7-10H2,1H3,(H,29,32)(H,30,35)/t13?,14-,18-/m1/s1. The van der Waals surface area contributed by atoms with E-state index in [4.69, 9.17) is 79.1 Å². The number of β-lactam (4-membered cyclic amide) rings is 1. The Bertz CT molecular complexity index is 1130. The molecule has 2 aliphatic heterocycles. The number of benzene rings is 1. The highest BCUT2D eigenvalue weighted by atomic mass is 35.6. The molecular weight excluding hydrogens is 679 g/mol. The molecule has 0 saturated carbocycles. The molecule has 0 radical (unpaired) electrons. The number of thioether (sulfide) groups is 2. The van der Waals surface area contributed by atoms with Crippen molar-refractivity contribution in [1.82, 2.24) is 15.5 Å². The fourth-order valence-electron chi connectivity index (χ4n) is 3.66. The number of nitrogens with one attached hydrogen (secondary N) is 2. The van der Waals surface area contributed by atoms with Gasteiger partial charge < -0.3 is 20.1 Å². The Morgan fingerprint density at radius 2 is 1.69 bits per heavy atom. The van der Waals surface area contributed by atoms with Crippen LogP contribution in [0, 0.1) is 0 Å². The van der Waals surface area contributed by atoms with Gasteiger partial charge in [0.1, 0.15) is 36.4 Å². The average Bonchev–Trinajstić information content (AvgIpc) is 2.87. The molecule has 1 fully saturated rings. The van der Waals surface area contributed by atoms with E-state index >= 15 is 0 Å². The van der Waals surface area contributed by atoms with Gasteiger partial charge in [0.25, 0.3) is 5.91 Å². The SMILES string of the molecule is CSCC1=C(C(=O)OCC(Cl)(Cl)Cl)N2C(=O)[C@@H](NC(=O)C(NC(=O)OCC(Cl)(Cl)Cl)c3ccccc3)[C@H]2SC1. The molecule has 1 saturated heterocycles. The summed E-state index contributed by atoms with van der Waals surface area (Å²) in [5.41, 5.74) is 1.15. The molecular formula is C22H21Cl6N3O6S2. The summed E-state index contributed by atoms with van der Waals surface area (Å²) in [6, 6.07) is 6.07. The third-order valence-corrected chi connectivity index (χ3v) is 7.88. The molecule has 2 N–H and O–H groups in total. The zero-order valence-electron chi connectivity index (χ0n) is 19.9. The molecule has 1 unspecified atom stereocenters. The van der Waals surface area contributed by atoms with Gasteiger partial charge in [-0.1, -0.05) is 99.9 Å². The highest BCUT2D eigenvalue weighted by molar-refractivity contribution is 8.00. The molecule has 214 valence electrons. The van der Waals surface area contributed by atoms with Crippen molar-refractivity contribution >= 4 is 117 Å². The summed E-state index contributed by atoms with van der Waals surface area (Å²) in [6.45, 7) is -1.06. The van der Waals surface area contributed by atoms with Gasteiger partial charge in [0.2, 0.25) is 13.5 Å². The van der Waals surface area contributed by atoms with Gasteiger partial charge in [-0.15, -0.1) is 11.8 Å². The summed E-state index contributed by atoms with van der Waals surface area (Å²) in [5, 5.41) is 4.48. The Morgan fingerprint density at radius 3 is 2.28 bits per heavy atom. The number of halogens is 6. The molecule has 0 spiro atoms. The van der Waals surface area contributed by atoms with Crippen LogP contribution in [0.1, 0.15) is 11.6 Å². The van der Waals surface area contributed by atoms with E-state index in [1.165, 1.54) is 28.4 Å². The van der Waals surface area contributed by atoms with Gasteiger partial charge >= 0.3 is 12.1 Å². The van der Waals surface area contributed by atoms with E-state index in [0.29, 0.717) is 22.6 Å². The van der Waals surface area contributed by atoms with Crippen LogP contribution in [0.15, 0.2) is 41.6 Å². The van der Waals surface area contributed by atoms with E-state index in [2.05, 4.69) is 10.6 Å². The number of carbonyl (C=O) groups excluding carboxylic acids is 4. The lowest BCUT2D eigenvalue weighted by Crippen LogP contribution is -2.71. The second kappa shape index (κ2) is 13.8. The van der Waals surface area contributed by atoms with Crippen LogP contribution in [0.25, 0.3) is 0 Å². The first kappa shape index (κ1) is 32.6. The second-order valence-corrected chi connectivity index (χ2v) is 15.2. The van der Waals surface area contributed by atoms with Crippen molar-refractivity contribution in [3.63, 3.8) is 0 Å². The Kier molecular flexibility index (Phi) is 11.6. The zero-order chi connectivity index (χ0) is 29.0. The number of carbonyl (C=O) groups is 4. The highest BCUT2D eigenvalue weighted by Crippen LogP contribution is 2.42. The van der Waals surface area contributed by atoms with E-state index < -0.39 is 62.1 Å². The van der Waals surface area contributed by atoms with Gasteiger partial charge in [-0.3, -0.25) is 14.5 Å². The lowest BCUT2D eigenvalue weighted by Gasteiger charge is -2.50. The molecule has 17 heteroatoms. The van der Waals surface area contributed by atoms with Gasteiger partial charge in [0.15, 0.2) is 0 Å². The maximum atomic E-state index is 13.3. The lowest BCUT2D eigenvalue weighted by atomic mass is 10.0. The first-order chi connectivity index (χ1) is 18.2. The van der Waals surface area contributed by atoms with Crippen molar-refractivity contribution in [2.45, 2.75) is 25.0 Å². The smallest absolute Gasteiger partial charge is 0.408 e. The lowest BCUT2D eigenvalue weighted by molar-refractivity contribution is -0.153. The minimum Gasteiger partial charge on any atom is -0.456 e. The monoisotopic (exact) mass is 697 g/mol. The van der Waals surface area contributed by atoms with Crippen molar-refractivity contribution in [3.8, 4) is 0 Å². The van der Waals surface area contributed by atoms with Crippen LogP contribution in [0.3, 0.4) is 0 Å². The van der Waals surface area contributed by atoms with Crippen LogP contribution in [0.4, 0.5) is 4.79 Å². The zero-order valence-corrected chi connectivity index (χ0v) is 26.1. The summed E-state index contributed by atoms with van der Waals surface area (Å²) in [4.78, 5) is 53.0. The topological polar surface area (TPSA) is 114 Å². The fourth-order valence-corrected chi connectivity index (χ4v) is 6.05. The Labute approximate surface area is 262 Å². The molecule has 39 heavy (non-hydrogen) atoms. The Morgan fingerprint density at radius 1 is 1.08 bits per heavy atom. The number of amides is 3. The van der Waals surface area contributed by atoms with Crippen LogP contribution in [0.5, 0.6) is 0 Å². The number of fused-ring (bicyclic) bond motifs is 1. The van der Waals surface area contributed by atoms with Crippen LogP contribution in [-0.4, -0.2) is 78.8 Å². The molecule has 3 amide bonds. The molecule has 0 aromatic heterocycles. The molecule has 3 atom stereocenters. The van der Waals surface area contributed by atoms with Crippen molar-refractivity contribution < 1.29 is 28.7 Å². The highest BCUT2D eigenvalue weighted by Gasteiger charge is 2.55. The van der Waals surface area contributed by atoms with Gasteiger partial charge in [-0.2, -0.15) is 11.8 Å².